The Kier molecular flexibility index (Phi) is 6.57. The molecule has 4 aromatic rings. The molecule has 1 N–H and O–H groups in total. The van der Waals surface area contributed by atoms with Crippen LogP contribution in [-0.2, 0) is 6.54 Å². The average Bonchev–Trinajstić information content (AvgIpc) is 3.10. The smallest absolute Gasteiger partial charge is 0.275 e. The number of carbonyl (C=O) groups is 1. The van der Waals surface area contributed by atoms with Crippen molar-refractivity contribution in [2.45, 2.75) is 13.5 Å². The van der Waals surface area contributed by atoms with Gasteiger partial charge in [0.15, 0.2) is 0 Å². The predicted molar refractivity (Wildman–Crippen MR) is 133 cm³/mol. The quantitative estimate of drug-likeness (QED) is 0.284. The van der Waals surface area contributed by atoms with Crippen LogP contribution in [0.5, 0.6) is 5.75 Å². The van der Waals surface area contributed by atoms with E-state index in [4.69, 9.17) is 4.74 Å². The van der Waals surface area contributed by atoms with Gasteiger partial charge in [0.1, 0.15) is 5.75 Å². The molecule has 4 rings (SSSR count). The summed E-state index contributed by atoms with van der Waals surface area (Å²) in [4.78, 5) is 12.7. The number of amides is 1. The summed E-state index contributed by atoms with van der Waals surface area (Å²) < 4.78 is 8.21. The predicted octanol–water partition coefficient (Wildman–Crippen LogP) is 5.40. The summed E-state index contributed by atoms with van der Waals surface area (Å²) in [5.74, 6) is 0.101. The molecule has 0 atom stereocenters. The Bertz CT molecular complexity index is 1420. The third-order valence-corrected chi connectivity index (χ3v) is 6.01. The van der Waals surface area contributed by atoms with Crippen molar-refractivity contribution in [1.82, 2.24) is 9.99 Å². The Morgan fingerprint density at radius 1 is 1.18 bits per heavy atom. The van der Waals surface area contributed by atoms with E-state index in [9.17, 15) is 10.1 Å². The number of aromatic nitrogens is 1. The summed E-state index contributed by atoms with van der Waals surface area (Å²) in [6.07, 6.45) is 1.66. The molecule has 0 bridgehead atoms. The number of para-hydroxylation sites is 1. The Labute approximate surface area is 200 Å². The van der Waals surface area contributed by atoms with Crippen LogP contribution in [0.25, 0.3) is 10.9 Å². The van der Waals surface area contributed by atoms with Gasteiger partial charge in [-0.2, -0.15) is 10.4 Å². The van der Waals surface area contributed by atoms with Gasteiger partial charge in [0, 0.05) is 33.2 Å². The lowest BCUT2D eigenvalue weighted by atomic mass is 10.1. The fourth-order valence-electron chi connectivity index (χ4n) is 3.84. The number of methoxy groups -OCH3 is 1. The highest BCUT2D eigenvalue weighted by Crippen LogP contribution is 2.26. The monoisotopic (exact) mass is 500 g/mol. The van der Waals surface area contributed by atoms with Crippen molar-refractivity contribution in [2.24, 2.45) is 5.10 Å². The minimum Gasteiger partial charge on any atom is -0.496 e. The van der Waals surface area contributed by atoms with Crippen molar-refractivity contribution in [3.8, 4) is 11.8 Å². The number of hydrogen-bond donors (Lipinski definition) is 1. The molecule has 0 aliphatic heterocycles. The molecule has 0 unspecified atom stereocenters. The summed E-state index contributed by atoms with van der Waals surface area (Å²) in [6.45, 7) is 2.57. The topological polar surface area (TPSA) is 79.4 Å². The minimum absolute atomic E-state index is 0.367. The second-order valence-electron chi connectivity index (χ2n) is 7.42. The van der Waals surface area contributed by atoms with E-state index in [2.05, 4.69) is 37.1 Å². The van der Waals surface area contributed by atoms with Gasteiger partial charge in [0.25, 0.3) is 5.91 Å². The fraction of sp³-hybridized carbons (Fsp3) is 0.115. The summed E-state index contributed by atoms with van der Waals surface area (Å²) >= 11 is 3.38. The first-order valence-corrected chi connectivity index (χ1v) is 11.1. The lowest BCUT2D eigenvalue weighted by molar-refractivity contribution is 0.0952. The summed E-state index contributed by atoms with van der Waals surface area (Å²) in [5, 5.41) is 14.7. The van der Waals surface area contributed by atoms with Crippen LogP contribution in [0, 0.1) is 18.3 Å². The molecule has 0 saturated heterocycles. The number of nitrogens with one attached hydrogen (secondary N) is 1. The first-order valence-electron chi connectivity index (χ1n) is 10.3. The van der Waals surface area contributed by atoms with E-state index >= 15 is 0 Å². The van der Waals surface area contributed by atoms with Crippen LogP contribution in [0.3, 0.4) is 0 Å². The number of benzene rings is 3. The van der Waals surface area contributed by atoms with Gasteiger partial charge in [-0.1, -0.05) is 52.3 Å². The molecule has 1 aromatic heterocycles. The molecular formula is C26H21BrN4O2. The number of halogens is 1. The van der Waals surface area contributed by atoms with Crippen molar-refractivity contribution >= 4 is 39.0 Å². The third kappa shape index (κ3) is 4.52. The Balaban J connectivity index is 1.66. The highest BCUT2D eigenvalue weighted by atomic mass is 79.9. The number of rotatable bonds is 6. The van der Waals surface area contributed by atoms with Crippen molar-refractivity contribution in [3.05, 3.63) is 99.2 Å². The van der Waals surface area contributed by atoms with Crippen LogP contribution >= 0.6 is 15.9 Å². The van der Waals surface area contributed by atoms with Crippen molar-refractivity contribution in [3.63, 3.8) is 0 Å². The number of carbonyl (C=O) groups excluding carboxylic acids is 1. The SMILES string of the molecule is COc1ccc(Br)cc1C(=O)N/N=C\c1c(C)n(Cc2ccccc2C#N)c2ccccc12. The largest absolute Gasteiger partial charge is 0.496 e. The van der Waals surface area contributed by atoms with Crippen LogP contribution in [0.2, 0.25) is 0 Å². The van der Waals surface area contributed by atoms with Gasteiger partial charge in [-0.15, -0.1) is 0 Å². The van der Waals surface area contributed by atoms with Crippen LogP contribution < -0.4 is 10.2 Å². The van der Waals surface area contributed by atoms with E-state index in [1.165, 1.54) is 7.11 Å². The molecular weight excluding hydrogens is 480 g/mol. The number of ether oxygens (including phenoxy) is 1. The Morgan fingerprint density at radius 2 is 1.94 bits per heavy atom. The third-order valence-electron chi connectivity index (χ3n) is 5.51. The summed E-state index contributed by atoms with van der Waals surface area (Å²) in [7, 11) is 1.52. The highest BCUT2D eigenvalue weighted by Gasteiger charge is 2.15. The van der Waals surface area contributed by atoms with Crippen LogP contribution in [-0.4, -0.2) is 23.8 Å². The van der Waals surface area contributed by atoms with Crippen molar-refractivity contribution in [1.29, 1.82) is 5.26 Å². The van der Waals surface area contributed by atoms with Gasteiger partial charge in [-0.25, -0.2) is 5.43 Å². The maximum Gasteiger partial charge on any atom is 0.275 e. The first-order chi connectivity index (χ1) is 16.0. The molecule has 0 spiro atoms. The van der Waals surface area contributed by atoms with E-state index in [1.807, 2.05) is 61.5 Å². The maximum atomic E-state index is 12.7. The zero-order valence-electron chi connectivity index (χ0n) is 18.2. The Morgan fingerprint density at radius 3 is 2.73 bits per heavy atom. The zero-order valence-corrected chi connectivity index (χ0v) is 19.8. The van der Waals surface area contributed by atoms with Gasteiger partial charge in [-0.05, 0) is 42.8 Å². The molecule has 0 aliphatic rings. The van der Waals surface area contributed by atoms with E-state index in [1.54, 1.807) is 18.3 Å². The van der Waals surface area contributed by atoms with Crippen LogP contribution in [0.1, 0.15) is 32.7 Å². The lowest BCUT2D eigenvalue weighted by Gasteiger charge is -2.10. The molecule has 3 aromatic carbocycles. The molecule has 164 valence electrons. The molecule has 7 heteroatoms. The molecule has 6 nitrogen and oxygen atoms in total. The second-order valence-corrected chi connectivity index (χ2v) is 8.33. The normalized spacial score (nSPS) is 11.0. The molecule has 1 amide bonds. The summed E-state index contributed by atoms with van der Waals surface area (Å²) in [6, 6.07) is 23.1. The van der Waals surface area contributed by atoms with Crippen molar-refractivity contribution in [2.75, 3.05) is 7.11 Å². The highest BCUT2D eigenvalue weighted by molar-refractivity contribution is 9.10. The van der Waals surface area contributed by atoms with Gasteiger partial charge in [0.05, 0.1) is 30.5 Å². The molecule has 0 radical (unpaired) electrons. The van der Waals surface area contributed by atoms with Gasteiger partial charge in [0.2, 0.25) is 0 Å². The van der Waals surface area contributed by atoms with Crippen LogP contribution in [0.4, 0.5) is 0 Å². The molecule has 0 fully saturated rings. The Hall–Kier alpha value is -3.89. The second kappa shape index (κ2) is 9.72. The van der Waals surface area contributed by atoms with E-state index in [0.29, 0.717) is 23.4 Å². The van der Waals surface area contributed by atoms with Gasteiger partial charge >= 0.3 is 0 Å². The molecule has 1 heterocycles. The van der Waals surface area contributed by atoms with E-state index in [-0.39, 0.29) is 5.91 Å². The lowest BCUT2D eigenvalue weighted by Crippen LogP contribution is -2.18. The number of fused-ring (bicyclic) bond motifs is 1. The van der Waals surface area contributed by atoms with Gasteiger partial charge < -0.3 is 9.30 Å². The first kappa shape index (κ1) is 22.3. The standard InChI is InChI=1S/C26H21BrN4O2/c1-17-23(15-29-30-26(32)22-13-20(27)11-12-25(22)33-2)21-9-5-6-10-24(21)31(17)16-19-8-4-3-7-18(19)14-28/h3-13,15H,16H2,1-2H3,(H,30,32)/b29-15-. The van der Waals surface area contributed by atoms with Crippen LogP contribution in [0.15, 0.2) is 76.3 Å². The maximum absolute atomic E-state index is 12.7. The zero-order chi connectivity index (χ0) is 23.4. The number of hydrogen-bond acceptors (Lipinski definition) is 4. The van der Waals surface area contributed by atoms with E-state index in [0.717, 1.165) is 32.2 Å². The fourth-order valence-corrected chi connectivity index (χ4v) is 4.20. The summed E-state index contributed by atoms with van der Waals surface area (Å²) in [5.41, 5.74) is 7.50. The molecule has 0 aliphatic carbocycles. The number of hydrazone groups is 1. The molecule has 0 saturated carbocycles. The average molecular weight is 501 g/mol. The number of nitriles is 1. The molecule has 33 heavy (non-hydrogen) atoms. The minimum atomic E-state index is -0.367. The number of nitrogens with zero attached hydrogens (tertiary/aromatic N) is 3. The van der Waals surface area contributed by atoms with Crippen molar-refractivity contribution < 1.29 is 9.53 Å². The van der Waals surface area contributed by atoms with Gasteiger partial charge in [-0.3, -0.25) is 4.79 Å². The van der Waals surface area contributed by atoms with E-state index < -0.39 is 0 Å².